The average molecular weight is 226 g/mol. The molecule has 0 spiro atoms. The van der Waals surface area contributed by atoms with Crippen molar-refractivity contribution in [1.82, 2.24) is 0 Å². The lowest BCUT2D eigenvalue weighted by molar-refractivity contribution is 0.423. The topological polar surface area (TPSA) is 49.7 Å². The summed E-state index contributed by atoms with van der Waals surface area (Å²) in [6.07, 6.45) is 0.666. The average Bonchev–Trinajstić information content (AvgIpc) is 2.35. The van der Waals surface area contributed by atoms with Crippen LogP contribution in [0.15, 0.2) is 42.5 Å². The quantitative estimate of drug-likeness (QED) is 0.610. The summed E-state index contributed by atoms with van der Waals surface area (Å²) in [5.41, 5.74) is 2.42. The zero-order valence-electron chi connectivity index (χ0n) is 9.13. The maximum Gasteiger partial charge on any atom is 0.488 e. The minimum Gasteiger partial charge on any atom is -0.457 e. The van der Waals surface area contributed by atoms with Crippen LogP contribution in [0.3, 0.4) is 0 Å². The van der Waals surface area contributed by atoms with Gasteiger partial charge >= 0.3 is 7.12 Å². The Labute approximate surface area is 99.4 Å². The van der Waals surface area contributed by atoms with Crippen LogP contribution < -0.4 is 10.2 Å². The van der Waals surface area contributed by atoms with Crippen LogP contribution in [-0.2, 0) is 6.42 Å². The van der Waals surface area contributed by atoms with Crippen molar-refractivity contribution in [2.24, 2.45) is 0 Å². The molecule has 0 amide bonds. The molecule has 3 rings (SSSR count). The lowest BCUT2D eigenvalue weighted by atomic mass is 9.75. The van der Waals surface area contributed by atoms with Crippen molar-refractivity contribution in [2.75, 3.05) is 0 Å². The Morgan fingerprint density at radius 2 is 1.71 bits per heavy atom. The standard InChI is InChI=1S/C13H11BO3/c15-14(16)11-5-3-7-13-10(11)8-9-4-1-2-6-12(9)17-13/h1-7,15-16H,8H2. The van der Waals surface area contributed by atoms with E-state index in [1.54, 1.807) is 12.1 Å². The molecule has 2 aromatic carbocycles. The first-order chi connectivity index (χ1) is 8.25. The summed E-state index contributed by atoms with van der Waals surface area (Å²) in [4.78, 5) is 0. The molecule has 0 atom stereocenters. The van der Waals surface area contributed by atoms with Gasteiger partial charge in [-0.15, -0.1) is 0 Å². The Hall–Kier alpha value is -1.78. The van der Waals surface area contributed by atoms with Gasteiger partial charge in [0.05, 0.1) is 0 Å². The molecule has 17 heavy (non-hydrogen) atoms. The van der Waals surface area contributed by atoms with Gasteiger partial charge in [-0.2, -0.15) is 0 Å². The SMILES string of the molecule is OB(O)c1cccc2c1Cc1ccccc1O2. The van der Waals surface area contributed by atoms with Gasteiger partial charge in [0.2, 0.25) is 0 Å². The summed E-state index contributed by atoms with van der Waals surface area (Å²) in [6.45, 7) is 0. The summed E-state index contributed by atoms with van der Waals surface area (Å²) in [6, 6.07) is 13.1. The molecule has 0 saturated carbocycles. The highest BCUT2D eigenvalue weighted by atomic mass is 16.5. The molecule has 0 radical (unpaired) electrons. The van der Waals surface area contributed by atoms with E-state index in [4.69, 9.17) is 4.74 Å². The second-order valence-electron chi connectivity index (χ2n) is 4.08. The van der Waals surface area contributed by atoms with Crippen molar-refractivity contribution in [3.05, 3.63) is 53.6 Å². The molecule has 1 aliphatic heterocycles. The molecule has 1 heterocycles. The second-order valence-corrected chi connectivity index (χ2v) is 4.08. The van der Waals surface area contributed by atoms with Crippen molar-refractivity contribution in [3.8, 4) is 11.5 Å². The van der Waals surface area contributed by atoms with E-state index >= 15 is 0 Å². The van der Waals surface area contributed by atoms with Crippen LogP contribution in [0.25, 0.3) is 0 Å². The number of benzene rings is 2. The van der Waals surface area contributed by atoms with E-state index in [0.29, 0.717) is 17.6 Å². The second kappa shape index (κ2) is 3.91. The molecule has 0 bridgehead atoms. The van der Waals surface area contributed by atoms with Gasteiger partial charge in [-0.05, 0) is 28.7 Å². The van der Waals surface area contributed by atoms with Gasteiger partial charge < -0.3 is 14.8 Å². The first kappa shape index (κ1) is 10.4. The number of fused-ring (bicyclic) bond motifs is 2. The molecule has 2 aromatic rings. The van der Waals surface area contributed by atoms with Crippen molar-refractivity contribution in [2.45, 2.75) is 6.42 Å². The van der Waals surface area contributed by atoms with Crippen LogP contribution in [0.2, 0.25) is 0 Å². The molecular formula is C13H11BO3. The molecule has 0 aliphatic carbocycles. The van der Waals surface area contributed by atoms with Gasteiger partial charge in [-0.3, -0.25) is 0 Å². The Balaban J connectivity index is 2.12. The molecule has 2 N–H and O–H groups in total. The number of hydrogen-bond acceptors (Lipinski definition) is 3. The Kier molecular flexibility index (Phi) is 2.39. The van der Waals surface area contributed by atoms with Crippen LogP contribution >= 0.6 is 0 Å². The van der Waals surface area contributed by atoms with Crippen LogP contribution in [0.4, 0.5) is 0 Å². The van der Waals surface area contributed by atoms with Gasteiger partial charge in [0, 0.05) is 6.42 Å². The number of rotatable bonds is 1. The summed E-state index contributed by atoms with van der Waals surface area (Å²) in [7, 11) is -1.46. The molecule has 0 fully saturated rings. The third-order valence-electron chi connectivity index (χ3n) is 3.01. The Morgan fingerprint density at radius 3 is 2.53 bits per heavy atom. The lowest BCUT2D eigenvalue weighted by Gasteiger charge is -2.22. The minimum absolute atomic E-state index is 0.511. The van der Waals surface area contributed by atoms with E-state index in [-0.39, 0.29) is 0 Å². The summed E-state index contributed by atoms with van der Waals surface area (Å²) < 4.78 is 5.75. The number of para-hydroxylation sites is 1. The van der Waals surface area contributed by atoms with E-state index in [1.165, 1.54) is 0 Å². The van der Waals surface area contributed by atoms with Crippen LogP contribution in [0, 0.1) is 0 Å². The third kappa shape index (κ3) is 1.71. The first-order valence-corrected chi connectivity index (χ1v) is 5.49. The highest BCUT2D eigenvalue weighted by Gasteiger charge is 2.23. The summed E-state index contributed by atoms with van der Waals surface area (Å²) in [5, 5.41) is 18.7. The van der Waals surface area contributed by atoms with Crippen molar-refractivity contribution in [3.63, 3.8) is 0 Å². The van der Waals surface area contributed by atoms with Gasteiger partial charge in [0.25, 0.3) is 0 Å². The monoisotopic (exact) mass is 226 g/mol. The fourth-order valence-electron chi connectivity index (χ4n) is 2.17. The molecule has 1 aliphatic rings. The van der Waals surface area contributed by atoms with Gasteiger partial charge in [0.15, 0.2) is 0 Å². The number of hydrogen-bond donors (Lipinski definition) is 2. The molecule has 0 aromatic heterocycles. The van der Waals surface area contributed by atoms with Crippen molar-refractivity contribution in [1.29, 1.82) is 0 Å². The number of ether oxygens (including phenoxy) is 1. The summed E-state index contributed by atoms with van der Waals surface area (Å²) in [5.74, 6) is 1.54. The first-order valence-electron chi connectivity index (χ1n) is 5.49. The van der Waals surface area contributed by atoms with E-state index in [0.717, 1.165) is 16.9 Å². The van der Waals surface area contributed by atoms with Crippen molar-refractivity contribution >= 4 is 12.6 Å². The predicted molar refractivity (Wildman–Crippen MR) is 65.6 cm³/mol. The predicted octanol–water partition coefficient (Wildman–Crippen LogP) is 1.06. The molecule has 0 saturated heterocycles. The van der Waals surface area contributed by atoms with Crippen LogP contribution in [-0.4, -0.2) is 17.2 Å². The van der Waals surface area contributed by atoms with E-state index < -0.39 is 7.12 Å². The minimum atomic E-state index is -1.46. The van der Waals surface area contributed by atoms with Crippen LogP contribution in [0.1, 0.15) is 11.1 Å². The van der Waals surface area contributed by atoms with E-state index in [2.05, 4.69) is 0 Å². The van der Waals surface area contributed by atoms with Gasteiger partial charge in [-0.1, -0.05) is 30.3 Å². The fourth-order valence-corrected chi connectivity index (χ4v) is 2.17. The molecule has 4 heteroatoms. The zero-order chi connectivity index (χ0) is 11.8. The van der Waals surface area contributed by atoms with Crippen molar-refractivity contribution < 1.29 is 14.8 Å². The van der Waals surface area contributed by atoms with E-state index in [1.807, 2.05) is 30.3 Å². The molecule has 0 unspecified atom stereocenters. The molecule has 3 nitrogen and oxygen atoms in total. The largest absolute Gasteiger partial charge is 0.488 e. The summed E-state index contributed by atoms with van der Waals surface area (Å²) >= 11 is 0. The maximum absolute atomic E-state index is 9.33. The highest BCUT2D eigenvalue weighted by Crippen LogP contribution is 2.35. The highest BCUT2D eigenvalue weighted by molar-refractivity contribution is 6.59. The molecular weight excluding hydrogens is 215 g/mol. The fraction of sp³-hybridized carbons (Fsp3) is 0.0769. The lowest BCUT2D eigenvalue weighted by Crippen LogP contribution is -2.34. The third-order valence-corrected chi connectivity index (χ3v) is 3.01. The Morgan fingerprint density at radius 1 is 0.941 bits per heavy atom. The van der Waals surface area contributed by atoms with E-state index in [9.17, 15) is 10.0 Å². The zero-order valence-corrected chi connectivity index (χ0v) is 9.13. The molecule has 84 valence electrons. The normalized spacial score (nSPS) is 12.4. The Bertz CT molecular complexity index is 566. The van der Waals surface area contributed by atoms with Gasteiger partial charge in [0.1, 0.15) is 11.5 Å². The van der Waals surface area contributed by atoms with Gasteiger partial charge in [-0.25, -0.2) is 0 Å². The van der Waals surface area contributed by atoms with Crippen LogP contribution in [0.5, 0.6) is 11.5 Å². The smallest absolute Gasteiger partial charge is 0.457 e. The maximum atomic E-state index is 9.33.